The van der Waals surface area contributed by atoms with E-state index in [9.17, 15) is 8.42 Å². The Bertz CT molecular complexity index is 439. The van der Waals surface area contributed by atoms with Crippen LogP contribution in [-0.2, 0) is 9.05 Å². The maximum atomic E-state index is 11.1. The summed E-state index contributed by atoms with van der Waals surface area (Å²) in [6.07, 6.45) is 3.53. The van der Waals surface area contributed by atoms with Crippen molar-refractivity contribution >= 4 is 19.7 Å². The summed E-state index contributed by atoms with van der Waals surface area (Å²) in [4.78, 5) is 3.93. The standard InChI is InChI=1S/C9H15ClN2O2S/c1-4-5-7(2)12-6-9(11-8(12)3)15(10,13)14/h6-7H,4-5H2,1-3H3. The van der Waals surface area contributed by atoms with Gasteiger partial charge in [0.15, 0.2) is 5.03 Å². The summed E-state index contributed by atoms with van der Waals surface area (Å²) in [5.74, 6) is 0.676. The minimum Gasteiger partial charge on any atom is -0.331 e. The largest absolute Gasteiger partial charge is 0.331 e. The number of aromatic nitrogens is 2. The fourth-order valence-electron chi connectivity index (χ4n) is 1.58. The van der Waals surface area contributed by atoms with Gasteiger partial charge < -0.3 is 4.57 Å². The maximum Gasteiger partial charge on any atom is 0.280 e. The van der Waals surface area contributed by atoms with Gasteiger partial charge >= 0.3 is 0 Å². The van der Waals surface area contributed by atoms with Gasteiger partial charge in [-0.15, -0.1) is 0 Å². The molecule has 6 heteroatoms. The van der Waals surface area contributed by atoms with Gasteiger partial charge in [0.1, 0.15) is 5.82 Å². The van der Waals surface area contributed by atoms with Gasteiger partial charge in [-0.25, -0.2) is 13.4 Å². The highest BCUT2D eigenvalue weighted by atomic mass is 35.7. The van der Waals surface area contributed by atoms with Crippen molar-refractivity contribution in [3.63, 3.8) is 0 Å². The zero-order valence-electron chi connectivity index (χ0n) is 9.07. The van der Waals surface area contributed by atoms with Crippen molar-refractivity contribution in [1.82, 2.24) is 9.55 Å². The lowest BCUT2D eigenvalue weighted by Gasteiger charge is -2.13. The monoisotopic (exact) mass is 250 g/mol. The second-order valence-corrected chi connectivity index (χ2v) is 6.12. The molecule has 1 heterocycles. The van der Waals surface area contributed by atoms with Gasteiger partial charge in [-0.1, -0.05) is 13.3 Å². The molecular formula is C9H15ClN2O2S. The molecule has 0 saturated heterocycles. The Morgan fingerprint density at radius 3 is 2.60 bits per heavy atom. The minimum absolute atomic E-state index is 0.0652. The van der Waals surface area contributed by atoms with Crippen molar-refractivity contribution in [1.29, 1.82) is 0 Å². The van der Waals surface area contributed by atoms with Gasteiger partial charge in [0.05, 0.1) is 0 Å². The summed E-state index contributed by atoms with van der Waals surface area (Å²) in [5.41, 5.74) is 0. The molecule has 0 aliphatic carbocycles. The third-order valence-corrected chi connectivity index (χ3v) is 3.50. The summed E-state index contributed by atoms with van der Waals surface area (Å²) in [7, 11) is 1.51. The second-order valence-electron chi connectivity index (χ2n) is 3.61. The van der Waals surface area contributed by atoms with Crippen LogP contribution in [0.1, 0.15) is 38.6 Å². The van der Waals surface area contributed by atoms with Crippen LogP contribution in [0.25, 0.3) is 0 Å². The molecule has 1 aromatic heterocycles. The molecule has 0 aliphatic rings. The molecule has 0 radical (unpaired) electrons. The molecule has 0 spiro atoms. The molecule has 1 atom stereocenters. The smallest absolute Gasteiger partial charge is 0.280 e. The van der Waals surface area contributed by atoms with Gasteiger partial charge in [0.2, 0.25) is 0 Å². The highest BCUT2D eigenvalue weighted by Gasteiger charge is 2.17. The predicted molar refractivity (Wildman–Crippen MR) is 59.6 cm³/mol. The Morgan fingerprint density at radius 2 is 2.20 bits per heavy atom. The molecule has 0 N–H and O–H groups in total. The van der Waals surface area contributed by atoms with Crippen LogP contribution in [0.3, 0.4) is 0 Å². The van der Waals surface area contributed by atoms with E-state index in [0.29, 0.717) is 5.82 Å². The number of hydrogen-bond donors (Lipinski definition) is 0. The first kappa shape index (κ1) is 12.5. The molecule has 86 valence electrons. The predicted octanol–water partition coefficient (Wildman–Crippen LogP) is 2.48. The van der Waals surface area contributed by atoms with Crippen LogP contribution < -0.4 is 0 Å². The normalized spacial score (nSPS) is 14.1. The molecule has 1 aromatic rings. The Labute approximate surface area is 94.7 Å². The zero-order valence-corrected chi connectivity index (χ0v) is 10.6. The fraction of sp³-hybridized carbons (Fsp3) is 0.667. The summed E-state index contributed by atoms with van der Waals surface area (Å²) in [5, 5.41) is -0.0652. The van der Waals surface area contributed by atoms with E-state index >= 15 is 0 Å². The lowest BCUT2D eigenvalue weighted by Crippen LogP contribution is -2.05. The summed E-state index contributed by atoms with van der Waals surface area (Å²) < 4.78 is 24.0. The number of aryl methyl sites for hydroxylation is 1. The fourth-order valence-corrected chi connectivity index (χ4v) is 2.28. The Hall–Kier alpha value is -0.550. The van der Waals surface area contributed by atoms with E-state index < -0.39 is 9.05 Å². The highest BCUT2D eigenvalue weighted by molar-refractivity contribution is 8.13. The molecule has 0 aromatic carbocycles. The average Bonchev–Trinajstić information content (AvgIpc) is 2.47. The van der Waals surface area contributed by atoms with Crippen molar-refractivity contribution in [2.45, 2.75) is 44.7 Å². The molecule has 15 heavy (non-hydrogen) atoms. The molecule has 4 nitrogen and oxygen atoms in total. The van der Waals surface area contributed by atoms with Gasteiger partial charge in [0.25, 0.3) is 9.05 Å². The van der Waals surface area contributed by atoms with Crippen LogP contribution >= 0.6 is 10.7 Å². The molecule has 0 saturated carbocycles. The van der Waals surface area contributed by atoms with E-state index in [1.807, 2.05) is 11.5 Å². The SMILES string of the molecule is CCCC(C)n1cc(S(=O)(=O)Cl)nc1C. The third kappa shape index (κ3) is 2.95. The molecule has 0 aliphatic heterocycles. The highest BCUT2D eigenvalue weighted by Crippen LogP contribution is 2.20. The van der Waals surface area contributed by atoms with E-state index in [1.54, 1.807) is 6.92 Å². The van der Waals surface area contributed by atoms with Gasteiger partial charge in [-0.2, -0.15) is 0 Å². The van der Waals surface area contributed by atoms with Crippen molar-refractivity contribution in [2.24, 2.45) is 0 Å². The zero-order chi connectivity index (χ0) is 11.6. The van der Waals surface area contributed by atoms with Crippen LogP contribution in [0.4, 0.5) is 0 Å². The Morgan fingerprint density at radius 1 is 1.60 bits per heavy atom. The second kappa shape index (κ2) is 4.53. The lowest BCUT2D eigenvalue weighted by molar-refractivity contribution is 0.489. The minimum atomic E-state index is -3.71. The number of nitrogens with zero attached hydrogens (tertiary/aromatic N) is 2. The van der Waals surface area contributed by atoms with Crippen molar-refractivity contribution in [2.75, 3.05) is 0 Å². The first-order valence-corrected chi connectivity index (χ1v) is 7.17. The maximum absolute atomic E-state index is 11.1. The summed E-state index contributed by atoms with van der Waals surface area (Å²) in [6, 6.07) is 0.245. The van der Waals surface area contributed by atoms with Crippen LogP contribution in [0.5, 0.6) is 0 Å². The van der Waals surface area contributed by atoms with Crippen LogP contribution in [-0.4, -0.2) is 18.0 Å². The van der Waals surface area contributed by atoms with Crippen molar-refractivity contribution in [3.05, 3.63) is 12.0 Å². The first-order chi connectivity index (χ1) is 6.86. The van der Waals surface area contributed by atoms with Crippen molar-refractivity contribution < 1.29 is 8.42 Å². The Kier molecular flexibility index (Phi) is 3.78. The average molecular weight is 251 g/mol. The summed E-state index contributed by atoms with van der Waals surface area (Å²) >= 11 is 0. The van der Waals surface area contributed by atoms with E-state index in [1.165, 1.54) is 6.20 Å². The van der Waals surface area contributed by atoms with E-state index in [0.717, 1.165) is 12.8 Å². The molecule has 1 rings (SSSR count). The molecule has 0 fully saturated rings. The number of rotatable bonds is 4. The number of halogens is 1. The molecule has 0 bridgehead atoms. The van der Waals surface area contributed by atoms with Crippen LogP contribution in [0.15, 0.2) is 11.2 Å². The van der Waals surface area contributed by atoms with Crippen LogP contribution in [0.2, 0.25) is 0 Å². The van der Waals surface area contributed by atoms with Gasteiger partial charge in [-0.3, -0.25) is 0 Å². The third-order valence-electron chi connectivity index (χ3n) is 2.33. The molecular weight excluding hydrogens is 236 g/mol. The van der Waals surface area contributed by atoms with Crippen LogP contribution in [0, 0.1) is 6.92 Å². The molecule has 1 unspecified atom stereocenters. The quantitative estimate of drug-likeness (QED) is 0.772. The Balaban J connectivity index is 3.07. The van der Waals surface area contributed by atoms with E-state index in [-0.39, 0.29) is 11.1 Å². The van der Waals surface area contributed by atoms with Crippen molar-refractivity contribution in [3.8, 4) is 0 Å². The first-order valence-electron chi connectivity index (χ1n) is 4.86. The lowest BCUT2D eigenvalue weighted by atomic mass is 10.2. The number of imidazole rings is 1. The number of hydrogen-bond acceptors (Lipinski definition) is 3. The topological polar surface area (TPSA) is 52.0 Å². The van der Waals surface area contributed by atoms with E-state index in [2.05, 4.69) is 11.9 Å². The van der Waals surface area contributed by atoms with Gasteiger partial charge in [-0.05, 0) is 20.3 Å². The van der Waals surface area contributed by atoms with E-state index in [4.69, 9.17) is 10.7 Å². The molecule has 0 amide bonds. The summed E-state index contributed by atoms with van der Waals surface area (Å²) in [6.45, 7) is 5.89. The van der Waals surface area contributed by atoms with Gasteiger partial charge in [0, 0.05) is 22.9 Å².